The van der Waals surface area contributed by atoms with Crippen LogP contribution in [0.5, 0.6) is 5.75 Å². The zero-order chi connectivity index (χ0) is 21.4. The molecule has 2 aromatic carbocycles. The Balaban J connectivity index is 1.88. The van der Waals surface area contributed by atoms with Gasteiger partial charge in [0.25, 0.3) is 10.0 Å². The number of hydrogen-bond acceptors (Lipinski definition) is 5. The normalized spacial score (nSPS) is 15.0. The maximum absolute atomic E-state index is 12.9. The number of rotatable bonds is 6. The molecule has 7 nitrogen and oxygen atoms in total. The summed E-state index contributed by atoms with van der Waals surface area (Å²) in [5.41, 5.74) is 3.74. The maximum atomic E-state index is 12.9. The van der Waals surface area contributed by atoms with Crippen LogP contribution in [0.2, 0.25) is 0 Å². The van der Waals surface area contributed by atoms with Gasteiger partial charge in [0.05, 0.1) is 17.8 Å². The summed E-state index contributed by atoms with van der Waals surface area (Å²) in [4.78, 5) is 0.159. The second-order valence-corrected chi connectivity index (χ2v) is 10.9. The first kappa shape index (κ1) is 21.6. The van der Waals surface area contributed by atoms with Crippen LogP contribution in [0.3, 0.4) is 0 Å². The summed E-state index contributed by atoms with van der Waals surface area (Å²) in [7, 11) is -7.09. The molecule has 158 valence electrons. The number of benzene rings is 2. The molecule has 1 heterocycles. The van der Waals surface area contributed by atoms with Gasteiger partial charge >= 0.3 is 0 Å². The van der Waals surface area contributed by atoms with Crippen molar-refractivity contribution >= 4 is 25.7 Å². The number of nitrogens with zero attached hydrogens (tertiary/aromatic N) is 1. The van der Waals surface area contributed by atoms with Gasteiger partial charge in [-0.15, -0.1) is 0 Å². The summed E-state index contributed by atoms with van der Waals surface area (Å²) in [5, 5.41) is 0. The van der Waals surface area contributed by atoms with E-state index in [4.69, 9.17) is 4.74 Å². The van der Waals surface area contributed by atoms with E-state index in [-0.39, 0.29) is 11.4 Å². The number of ether oxygens (including phenoxy) is 1. The topological polar surface area (TPSA) is 92.8 Å². The number of anilines is 1. The minimum Gasteiger partial charge on any atom is -0.493 e. The van der Waals surface area contributed by atoms with Crippen molar-refractivity contribution in [2.24, 2.45) is 0 Å². The summed E-state index contributed by atoms with van der Waals surface area (Å²) in [6.07, 6.45) is 1.79. The molecule has 0 spiro atoms. The molecule has 0 saturated heterocycles. The minimum absolute atomic E-state index is 0.159. The fraction of sp³-hybridized carbons (Fsp3) is 0.400. The maximum Gasteiger partial charge on any atom is 0.261 e. The van der Waals surface area contributed by atoms with Crippen molar-refractivity contribution in [3.05, 3.63) is 52.6 Å². The highest BCUT2D eigenvalue weighted by atomic mass is 32.2. The molecule has 1 N–H and O–H groups in total. The van der Waals surface area contributed by atoms with Gasteiger partial charge in [-0.05, 0) is 73.7 Å². The van der Waals surface area contributed by atoms with Crippen molar-refractivity contribution < 1.29 is 21.6 Å². The number of fused-ring (bicyclic) bond motifs is 1. The minimum atomic E-state index is -3.80. The highest BCUT2D eigenvalue weighted by Crippen LogP contribution is 2.29. The molecule has 3 rings (SSSR count). The van der Waals surface area contributed by atoms with Gasteiger partial charge in [0.15, 0.2) is 0 Å². The van der Waals surface area contributed by atoms with Gasteiger partial charge in [0.1, 0.15) is 5.75 Å². The Kier molecular flexibility index (Phi) is 5.93. The van der Waals surface area contributed by atoms with E-state index in [1.54, 1.807) is 24.3 Å². The number of nitrogens with one attached hydrogen (secondary N) is 1. The van der Waals surface area contributed by atoms with E-state index < -0.39 is 20.0 Å². The fourth-order valence-electron chi connectivity index (χ4n) is 3.53. The van der Waals surface area contributed by atoms with Gasteiger partial charge in [-0.25, -0.2) is 16.8 Å². The third-order valence-corrected chi connectivity index (χ3v) is 7.55. The lowest BCUT2D eigenvalue weighted by Crippen LogP contribution is -2.35. The predicted octanol–water partition coefficient (Wildman–Crippen LogP) is 2.82. The second kappa shape index (κ2) is 7.97. The van der Waals surface area contributed by atoms with Gasteiger partial charge in [0.2, 0.25) is 10.0 Å². The molecule has 2 aromatic rings. The van der Waals surface area contributed by atoms with Crippen molar-refractivity contribution in [3.8, 4) is 5.75 Å². The molecule has 0 fully saturated rings. The Morgan fingerprint density at radius 2 is 1.69 bits per heavy atom. The molecule has 0 unspecified atom stereocenters. The third-order valence-electron chi connectivity index (χ3n) is 4.94. The summed E-state index contributed by atoms with van der Waals surface area (Å²) in [5.74, 6) is 0.695. The first-order valence-electron chi connectivity index (χ1n) is 9.35. The quantitative estimate of drug-likeness (QED) is 0.749. The standard InChI is InChI=1S/C20H26N2O5S2/c1-5-27-20-14(2)10-19(11-15(20)3)29(25,26)21-18-7-6-16-8-9-22(28(4,23)24)13-17(16)12-18/h6-7,10-12,21H,5,8-9,13H2,1-4H3. The molecule has 0 bridgehead atoms. The number of sulfonamides is 2. The lowest BCUT2D eigenvalue weighted by atomic mass is 10.0. The van der Waals surface area contributed by atoms with Gasteiger partial charge < -0.3 is 4.74 Å². The van der Waals surface area contributed by atoms with Crippen molar-refractivity contribution in [1.29, 1.82) is 0 Å². The van der Waals surface area contributed by atoms with Gasteiger partial charge in [0, 0.05) is 18.8 Å². The lowest BCUT2D eigenvalue weighted by molar-refractivity contribution is 0.335. The highest BCUT2D eigenvalue weighted by Gasteiger charge is 2.24. The van der Waals surface area contributed by atoms with E-state index in [9.17, 15) is 16.8 Å². The monoisotopic (exact) mass is 438 g/mol. The van der Waals surface area contributed by atoms with Crippen LogP contribution in [0.15, 0.2) is 35.2 Å². The Morgan fingerprint density at radius 1 is 1.03 bits per heavy atom. The summed E-state index contributed by atoms with van der Waals surface area (Å²) >= 11 is 0. The van der Waals surface area contributed by atoms with Gasteiger partial charge in [-0.3, -0.25) is 4.72 Å². The van der Waals surface area contributed by atoms with Crippen LogP contribution in [0.4, 0.5) is 5.69 Å². The van der Waals surface area contributed by atoms with Crippen molar-refractivity contribution in [3.63, 3.8) is 0 Å². The molecular weight excluding hydrogens is 412 g/mol. The van der Waals surface area contributed by atoms with E-state index in [0.717, 1.165) is 22.3 Å². The average molecular weight is 439 g/mol. The predicted molar refractivity (Wildman–Crippen MR) is 113 cm³/mol. The Labute approximate surface area is 172 Å². The number of hydrogen-bond donors (Lipinski definition) is 1. The summed E-state index contributed by atoms with van der Waals surface area (Å²) in [6.45, 7) is 6.69. The van der Waals surface area contributed by atoms with E-state index in [2.05, 4.69) is 4.72 Å². The third kappa shape index (κ3) is 4.73. The fourth-order valence-corrected chi connectivity index (χ4v) is 5.55. The molecule has 9 heteroatoms. The van der Waals surface area contributed by atoms with E-state index in [1.807, 2.05) is 26.8 Å². The van der Waals surface area contributed by atoms with Crippen molar-refractivity contribution in [1.82, 2.24) is 4.31 Å². The molecular formula is C20H26N2O5S2. The zero-order valence-corrected chi connectivity index (χ0v) is 18.7. The summed E-state index contributed by atoms with van der Waals surface area (Å²) in [6, 6.07) is 8.44. The smallest absolute Gasteiger partial charge is 0.261 e. The molecule has 0 amide bonds. The Morgan fingerprint density at radius 3 is 2.28 bits per heavy atom. The van der Waals surface area contributed by atoms with E-state index >= 15 is 0 Å². The van der Waals surface area contributed by atoms with E-state index in [1.165, 1.54) is 10.6 Å². The SMILES string of the molecule is CCOc1c(C)cc(S(=O)(=O)Nc2ccc3c(c2)CN(S(C)(=O)=O)CC3)cc1C. The second-order valence-electron chi connectivity index (χ2n) is 7.25. The molecule has 0 aromatic heterocycles. The van der Waals surface area contributed by atoms with Crippen LogP contribution < -0.4 is 9.46 Å². The molecule has 0 radical (unpaired) electrons. The van der Waals surface area contributed by atoms with Crippen molar-refractivity contribution in [2.75, 3.05) is 24.1 Å². The average Bonchev–Trinajstić information content (AvgIpc) is 2.63. The lowest BCUT2D eigenvalue weighted by Gasteiger charge is -2.27. The Hall–Kier alpha value is -2.10. The van der Waals surface area contributed by atoms with Crippen LogP contribution in [0.25, 0.3) is 0 Å². The number of aryl methyl sites for hydroxylation is 2. The molecule has 0 saturated carbocycles. The molecule has 29 heavy (non-hydrogen) atoms. The largest absolute Gasteiger partial charge is 0.493 e. The molecule has 0 atom stereocenters. The Bertz CT molecular complexity index is 1120. The summed E-state index contributed by atoms with van der Waals surface area (Å²) < 4.78 is 59.1. The van der Waals surface area contributed by atoms with E-state index in [0.29, 0.717) is 31.0 Å². The zero-order valence-electron chi connectivity index (χ0n) is 17.0. The first-order valence-corrected chi connectivity index (χ1v) is 12.7. The molecule has 1 aliphatic heterocycles. The van der Waals surface area contributed by atoms with Gasteiger partial charge in [-0.1, -0.05) is 6.07 Å². The van der Waals surface area contributed by atoms with Gasteiger partial charge in [-0.2, -0.15) is 4.31 Å². The molecule has 0 aliphatic carbocycles. The highest BCUT2D eigenvalue weighted by molar-refractivity contribution is 7.92. The molecule has 1 aliphatic rings. The van der Waals surface area contributed by atoms with Crippen LogP contribution in [0.1, 0.15) is 29.2 Å². The van der Waals surface area contributed by atoms with Crippen LogP contribution in [0, 0.1) is 13.8 Å². The van der Waals surface area contributed by atoms with Crippen LogP contribution in [-0.4, -0.2) is 40.5 Å². The van der Waals surface area contributed by atoms with Crippen LogP contribution in [-0.2, 0) is 33.0 Å². The van der Waals surface area contributed by atoms with Crippen LogP contribution >= 0.6 is 0 Å². The van der Waals surface area contributed by atoms with Crippen molar-refractivity contribution in [2.45, 2.75) is 38.6 Å². The first-order chi connectivity index (χ1) is 13.5.